The van der Waals surface area contributed by atoms with Crippen LogP contribution in [0.1, 0.15) is 42.2 Å². The van der Waals surface area contributed by atoms with Gasteiger partial charge in [-0.3, -0.25) is 4.79 Å². The molecule has 1 fully saturated rings. The fourth-order valence-corrected chi connectivity index (χ4v) is 2.41. The molecule has 0 N–H and O–H groups in total. The highest BCUT2D eigenvalue weighted by molar-refractivity contribution is 5.96. The highest BCUT2D eigenvalue weighted by atomic mass is 16.5. The first-order valence-electron chi connectivity index (χ1n) is 6.46. The number of piperidine rings is 1. The molecule has 1 unspecified atom stereocenters. The van der Waals surface area contributed by atoms with E-state index in [0.29, 0.717) is 17.5 Å². The van der Waals surface area contributed by atoms with E-state index in [1.54, 1.807) is 7.11 Å². The van der Waals surface area contributed by atoms with Crippen LogP contribution in [0.2, 0.25) is 0 Å². The summed E-state index contributed by atoms with van der Waals surface area (Å²) in [7, 11) is 1.55. The number of carbonyl (C=O) groups excluding carboxylic acids is 1. The van der Waals surface area contributed by atoms with E-state index in [-0.39, 0.29) is 5.91 Å². The predicted octanol–water partition coefficient (Wildman–Crippen LogP) is 2.41. The highest BCUT2D eigenvalue weighted by Gasteiger charge is 2.26. The first-order chi connectivity index (χ1) is 8.63. The normalized spacial score (nSPS) is 19.7. The zero-order valence-electron chi connectivity index (χ0n) is 11.3. The van der Waals surface area contributed by atoms with Crippen LogP contribution < -0.4 is 4.74 Å². The van der Waals surface area contributed by atoms with E-state index in [1.807, 2.05) is 24.0 Å². The number of rotatable bonds is 2. The molecule has 1 aromatic heterocycles. The van der Waals surface area contributed by atoms with Crippen molar-refractivity contribution in [1.29, 1.82) is 0 Å². The summed E-state index contributed by atoms with van der Waals surface area (Å²) >= 11 is 0. The molecule has 0 spiro atoms. The van der Waals surface area contributed by atoms with Crippen LogP contribution in [-0.4, -0.2) is 35.5 Å². The lowest BCUT2D eigenvalue weighted by Crippen LogP contribution is -2.42. The number of methoxy groups -OCH3 is 1. The number of hydrogen-bond donors (Lipinski definition) is 0. The number of ether oxygens (including phenoxy) is 1. The summed E-state index contributed by atoms with van der Waals surface area (Å²) < 4.78 is 5.21. The predicted molar refractivity (Wildman–Crippen MR) is 69.9 cm³/mol. The second-order valence-electron chi connectivity index (χ2n) is 4.85. The lowest BCUT2D eigenvalue weighted by Gasteiger charge is -2.33. The van der Waals surface area contributed by atoms with Crippen LogP contribution in [0.5, 0.6) is 5.88 Å². The van der Waals surface area contributed by atoms with Crippen molar-refractivity contribution < 1.29 is 9.53 Å². The highest BCUT2D eigenvalue weighted by Crippen LogP contribution is 2.23. The molecule has 4 heteroatoms. The summed E-state index contributed by atoms with van der Waals surface area (Å²) in [5.41, 5.74) is 1.42. The van der Waals surface area contributed by atoms with E-state index in [0.717, 1.165) is 25.1 Å². The molecule has 0 saturated carbocycles. The lowest BCUT2D eigenvalue weighted by molar-refractivity contribution is 0.0631. The smallest absolute Gasteiger partial charge is 0.259 e. The van der Waals surface area contributed by atoms with Gasteiger partial charge in [-0.05, 0) is 45.2 Å². The second kappa shape index (κ2) is 5.38. The van der Waals surface area contributed by atoms with E-state index >= 15 is 0 Å². The first-order valence-corrected chi connectivity index (χ1v) is 6.46. The Bertz CT molecular complexity index is 445. The maximum Gasteiger partial charge on any atom is 0.259 e. The average Bonchev–Trinajstić information content (AvgIpc) is 2.38. The van der Waals surface area contributed by atoms with Crippen molar-refractivity contribution in [3.8, 4) is 5.88 Å². The molecule has 0 aromatic carbocycles. The topological polar surface area (TPSA) is 42.4 Å². The summed E-state index contributed by atoms with van der Waals surface area (Å²) in [5, 5.41) is 0. The molecular weight excluding hydrogens is 228 g/mol. The molecule has 0 radical (unpaired) electrons. The molecular formula is C14H20N2O2. The van der Waals surface area contributed by atoms with Crippen LogP contribution in [0, 0.1) is 6.92 Å². The zero-order chi connectivity index (χ0) is 13.1. The number of hydrogen-bond acceptors (Lipinski definition) is 3. The van der Waals surface area contributed by atoms with Crippen molar-refractivity contribution in [2.75, 3.05) is 13.7 Å². The minimum atomic E-state index is 0.0338. The van der Waals surface area contributed by atoms with Crippen molar-refractivity contribution in [1.82, 2.24) is 9.88 Å². The molecule has 18 heavy (non-hydrogen) atoms. The lowest BCUT2D eigenvalue weighted by atomic mass is 10.0. The fourth-order valence-electron chi connectivity index (χ4n) is 2.41. The number of aryl methyl sites for hydroxylation is 1. The Morgan fingerprint density at radius 1 is 1.44 bits per heavy atom. The molecule has 98 valence electrons. The molecule has 1 aromatic rings. The average molecular weight is 248 g/mol. The van der Waals surface area contributed by atoms with Gasteiger partial charge >= 0.3 is 0 Å². The number of amides is 1. The fraction of sp³-hybridized carbons (Fsp3) is 0.571. The van der Waals surface area contributed by atoms with Crippen molar-refractivity contribution in [3.63, 3.8) is 0 Å². The Kier molecular flexibility index (Phi) is 3.84. The van der Waals surface area contributed by atoms with Crippen LogP contribution in [0.25, 0.3) is 0 Å². The molecule has 0 bridgehead atoms. The van der Waals surface area contributed by atoms with Crippen LogP contribution in [0.15, 0.2) is 12.1 Å². The van der Waals surface area contributed by atoms with Gasteiger partial charge in [-0.1, -0.05) is 0 Å². The van der Waals surface area contributed by atoms with E-state index < -0.39 is 0 Å². The van der Waals surface area contributed by atoms with Crippen molar-refractivity contribution in [3.05, 3.63) is 23.4 Å². The number of aromatic nitrogens is 1. The van der Waals surface area contributed by atoms with Crippen LogP contribution in [-0.2, 0) is 0 Å². The molecule has 1 saturated heterocycles. The van der Waals surface area contributed by atoms with Crippen molar-refractivity contribution >= 4 is 5.91 Å². The summed E-state index contributed by atoms with van der Waals surface area (Å²) in [4.78, 5) is 18.7. The molecule has 1 aliphatic rings. The van der Waals surface area contributed by atoms with Gasteiger partial charge in [0.25, 0.3) is 5.91 Å². The van der Waals surface area contributed by atoms with E-state index in [4.69, 9.17) is 4.74 Å². The van der Waals surface area contributed by atoms with Gasteiger partial charge in [0.1, 0.15) is 5.56 Å². The third kappa shape index (κ3) is 2.47. The molecule has 1 atom stereocenters. The summed E-state index contributed by atoms with van der Waals surface area (Å²) in [5.74, 6) is 0.462. The largest absolute Gasteiger partial charge is 0.480 e. The number of pyridine rings is 1. The van der Waals surface area contributed by atoms with E-state index in [2.05, 4.69) is 11.9 Å². The van der Waals surface area contributed by atoms with Crippen LogP contribution in [0.3, 0.4) is 0 Å². The van der Waals surface area contributed by atoms with Gasteiger partial charge in [-0.2, -0.15) is 0 Å². The molecule has 2 rings (SSSR count). The summed E-state index contributed by atoms with van der Waals surface area (Å²) in [6.07, 6.45) is 3.36. The third-order valence-electron chi connectivity index (χ3n) is 3.49. The third-order valence-corrected chi connectivity index (χ3v) is 3.49. The SMILES string of the molecule is COc1nc(C)ccc1C(=O)N1CCCCC1C. The summed E-state index contributed by atoms with van der Waals surface area (Å²) in [6, 6.07) is 3.96. The van der Waals surface area contributed by atoms with E-state index in [9.17, 15) is 4.79 Å². The minimum Gasteiger partial charge on any atom is -0.480 e. The van der Waals surface area contributed by atoms with Gasteiger partial charge < -0.3 is 9.64 Å². The van der Waals surface area contributed by atoms with Gasteiger partial charge in [-0.15, -0.1) is 0 Å². The quantitative estimate of drug-likeness (QED) is 0.807. The first kappa shape index (κ1) is 12.9. The van der Waals surface area contributed by atoms with Gasteiger partial charge in [0.05, 0.1) is 7.11 Å². The molecule has 1 amide bonds. The molecule has 1 aliphatic heterocycles. The second-order valence-corrected chi connectivity index (χ2v) is 4.85. The standard InChI is InChI=1S/C14H20N2O2/c1-10-7-8-12(13(15-10)18-3)14(17)16-9-5-4-6-11(16)2/h7-8,11H,4-6,9H2,1-3H3. The van der Waals surface area contributed by atoms with Crippen LogP contribution in [0.4, 0.5) is 0 Å². The summed E-state index contributed by atoms with van der Waals surface area (Å²) in [6.45, 7) is 4.82. The molecule has 4 nitrogen and oxygen atoms in total. The molecule has 2 heterocycles. The van der Waals surface area contributed by atoms with Gasteiger partial charge in [-0.25, -0.2) is 4.98 Å². The Labute approximate surface area is 108 Å². The minimum absolute atomic E-state index is 0.0338. The Hall–Kier alpha value is -1.58. The van der Waals surface area contributed by atoms with Gasteiger partial charge in [0, 0.05) is 18.3 Å². The maximum atomic E-state index is 12.5. The monoisotopic (exact) mass is 248 g/mol. The zero-order valence-corrected chi connectivity index (χ0v) is 11.3. The Balaban J connectivity index is 2.27. The van der Waals surface area contributed by atoms with Crippen molar-refractivity contribution in [2.24, 2.45) is 0 Å². The van der Waals surface area contributed by atoms with Crippen LogP contribution >= 0.6 is 0 Å². The van der Waals surface area contributed by atoms with Crippen molar-refractivity contribution in [2.45, 2.75) is 39.2 Å². The Morgan fingerprint density at radius 3 is 2.89 bits per heavy atom. The maximum absolute atomic E-state index is 12.5. The Morgan fingerprint density at radius 2 is 2.22 bits per heavy atom. The van der Waals surface area contributed by atoms with E-state index in [1.165, 1.54) is 6.42 Å². The number of carbonyl (C=O) groups is 1. The number of likely N-dealkylation sites (tertiary alicyclic amines) is 1. The number of nitrogens with zero attached hydrogens (tertiary/aromatic N) is 2. The molecule has 0 aliphatic carbocycles. The van der Waals surface area contributed by atoms with Gasteiger partial charge in [0.2, 0.25) is 5.88 Å². The van der Waals surface area contributed by atoms with Gasteiger partial charge in [0.15, 0.2) is 0 Å².